The molecule has 0 spiro atoms. The minimum atomic E-state index is -4.41. The van der Waals surface area contributed by atoms with Crippen LogP contribution in [0, 0.1) is 11.8 Å². The van der Waals surface area contributed by atoms with Gasteiger partial charge in [0.2, 0.25) is 5.88 Å². The number of benzene rings is 2. The third-order valence-corrected chi connectivity index (χ3v) is 7.65. The maximum atomic E-state index is 13.7. The van der Waals surface area contributed by atoms with E-state index in [9.17, 15) is 18.0 Å². The van der Waals surface area contributed by atoms with Crippen LogP contribution in [0.5, 0.6) is 5.75 Å². The number of alkyl halides is 3. The molecule has 0 aromatic heterocycles. The highest BCUT2D eigenvalue weighted by Gasteiger charge is 2.44. The fourth-order valence-electron chi connectivity index (χ4n) is 4.99. The van der Waals surface area contributed by atoms with Gasteiger partial charge in [-0.15, -0.1) is 0 Å². The molecule has 2 aliphatic heterocycles. The number of halogens is 5. The molecule has 0 radical (unpaired) electrons. The Hall–Kier alpha value is -2.95. The number of aliphatic hydroxyl groups is 1. The monoisotopic (exact) mass is 613 g/mol. The van der Waals surface area contributed by atoms with Crippen LogP contribution in [0.25, 0.3) is 0 Å². The van der Waals surface area contributed by atoms with E-state index in [0.717, 1.165) is 17.5 Å². The van der Waals surface area contributed by atoms with Gasteiger partial charge in [-0.05, 0) is 55.7 Å². The number of carbonyl (C=O) groups is 1. The number of carbonyl (C=O) groups excluding carboxylic acids is 1. The van der Waals surface area contributed by atoms with E-state index in [1.54, 1.807) is 43.0 Å². The third-order valence-electron chi connectivity index (χ3n) is 7.10. The summed E-state index contributed by atoms with van der Waals surface area (Å²) in [5.74, 6) is -2.39. The zero-order valence-electron chi connectivity index (χ0n) is 22.9. The first-order chi connectivity index (χ1) is 19.3. The normalized spacial score (nSPS) is 21.5. The second-order valence-electron chi connectivity index (χ2n) is 10.5. The summed E-state index contributed by atoms with van der Waals surface area (Å²) in [6.07, 6.45) is -2.28. The Kier molecular flexibility index (Phi) is 9.45. The van der Waals surface area contributed by atoms with Crippen LogP contribution in [0.3, 0.4) is 0 Å². The van der Waals surface area contributed by atoms with E-state index in [2.05, 4.69) is 9.89 Å². The molecule has 1 fully saturated rings. The number of nitrogens with zero attached hydrogens (tertiary/aromatic N) is 3. The Bertz CT molecular complexity index is 1300. The van der Waals surface area contributed by atoms with E-state index in [1.807, 2.05) is 18.2 Å². The molecular weight excluding hydrogens is 582 g/mol. The summed E-state index contributed by atoms with van der Waals surface area (Å²) in [5, 5.41) is 10.1. The molecule has 0 saturated carbocycles. The van der Waals surface area contributed by atoms with Crippen LogP contribution in [0.15, 0.2) is 59.4 Å². The third kappa shape index (κ3) is 7.28. The number of piperazine rings is 1. The average molecular weight is 614 g/mol. The Morgan fingerprint density at radius 1 is 1.12 bits per heavy atom. The predicted octanol–water partition coefficient (Wildman–Crippen LogP) is 6.29. The lowest BCUT2D eigenvalue weighted by atomic mass is 9.93. The van der Waals surface area contributed by atoms with Crippen molar-refractivity contribution in [1.82, 2.24) is 4.90 Å². The SMILES string of the molecule is CC1C=C(OC(C)(C)C(=O)N2CCN(c3ccc(OCCO)cc3Cl)[C@H](c3ccc(Cl)cc3)C2)N=CC1C(F)(F)F. The van der Waals surface area contributed by atoms with Gasteiger partial charge in [0.25, 0.3) is 5.91 Å². The quantitative estimate of drug-likeness (QED) is 0.379. The maximum Gasteiger partial charge on any atom is 0.397 e. The molecule has 4 rings (SSSR count). The first-order valence-electron chi connectivity index (χ1n) is 13.2. The van der Waals surface area contributed by atoms with Crippen LogP contribution in [0.1, 0.15) is 32.4 Å². The Balaban J connectivity index is 1.55. The van der Waals surface area contributed by atoms with Crippen LogP contribution in [0.2, 0.25) is 10.0 Å². The van der Waals surface area contributed by atoms with Gasteiger partial charge in [0, 0.05) is 36.9 Å². The lowest BCUT2D eigenvalue weighted by Crippen LogP contribution is -2.56. The summed E-state index contributed by atoms with van der Waals surface area (Å²) in [6, 6.07) is 12.3. The molecule has 2 aliphatic rings. The van der Waals surface area contributed by atoms with Crippen molar-refractivity contribution in [3.63, 3.8) is 0 Å². The summed E-state index contributed by atoms with van der Waals surface area (Å²) in [7, 11) is 0. The predicted molar refractivity (Wildman–Crippen MR) is 153 cm³/mol. The highest BCUT2D eigenvalue weighted by atomic mass is 35.5. The molecule has 0 bridgehead atoms. The zero-order chi connectivity index (χ0) is 29.9. The van der Waals surface area contributed by atoms with Gasteiger partial charge in [-0.1, -0.05) is 42.3 Å². The van der Waals surface area contributed by atoms with Gasteiger partial charge in [0.1, 0.15) is 12.4 Å². The number of amides is 1. The molecule has 1 saturated heterocycles. The molecule has 2 unspecified atom stereocenters. The second-order valence-corrected chi connectivity index (χ2v) is 11.4. The van der Waals surface area contributed by atoms with Crippen LogP contribution < -0.4 is 9.64 Å². The van der Waals surface area contributed by atoms with Crippen molar-refractivity contribution in [1.29, 1.82) is 0 Å². The number of rotatable bonds is 8. The highest BCUT2D eigenvalue weighted by Crippen LogP contribution is 2.39. The average Bonchev–Trinajstić information content (AvgIpc) is 2.91. The van der Waals surface area contributed by atoms with Gasteiger partial charge in [0.15, 0.2) is 5.60 Å². The fraction of sp³-hybridized carbons (Fsp3) is 0.448. The molecule has 0 aliphatic carbocycles. The molecule has 3 atom stereocenters. The van der Waals surface area contributed by atoms with Gasteiger partial charge < -0.3 is 24.4 Å². The van der Waals surface area contributed by atoms with Crippen LogP contribution in [0.4, 0.5) is 18.9 Å². The van der Waals surface area contributed by atoms with Gasteiger partial charge in [0.05, 0.1) is 29.3 Å². The van der Waals surface area contributed by atoms with Crippen molar-refractivity contribution in [2.45, 2.75) is 38.6 Å². The summed E-state index contributed by atoms with van der Waals surface area (Å²) in [5.41, 5.74) is 0.277. The summed E-state index contributed by atoms with van der Waals surface area (Å²) in [6.45, 7) is 5.71. The fourth-order valence-corrected chi connectivity index (χ4v) is 5.39. The number of anilines is 1. The molecule has 12 heteroatoms. The maximum absolute atomic E-state index is 13.7. The number of aliphatic imine (C=N–C) groups is 1. The van der Waals surface area contributed by atoms with Crippen molar-refractivity contribution >= 4 is 41.0 Å². The molecule has 1 amide bonds. The standard InChI is InChI=1S/C29H32Cl2F3N3O4/c1-18-14-26(35-16-22(18)29(32,33)34)41-28(2,3)27(39)36-10-11-37(25(17-36)19-4-6-20(30)7-5-19)24-9-8-21(15-23(24)31)40-13-12-38/h4-9,14-16,18,22,25,38H,10-13,17H2,1-3H3/t18?,22?,25-/m0/s1. The number of hydrogen-bond acceptors (Lipinski definition) is 6. The van der Waals surface area contributed by atoms with Gasteiger partial charge in [-0.2, -0.15) is 13.2 Å². The van der Waals surface area contributed by atoms with E-state index in [1.165, 1.54) is 13.0 Å². The Morgan fingerprint density at radius 2 is 1.83 bits per heavy atom. The topological polar surface area (TPSA) is 74.6 Å². The molecular formula is C29H32Cl2F3N3O4. The molecule has 7 nitrogen and oxygen atoms in total. The second kappa shape index (κ2) is 12.5. The highest BCUT2D eigenvalue weighted by molar-refractivity contribution is 6.33. The van der Waals surface area contributed by atoms with Crippen LogP contribution in [-0.4, -0.2) is 66.8 Å². The van der Waals surface area contributed by atoms with Crippen LogP contribution in [-0.2, 0) is 9.53 Å². The van der Waals surface area contributed by atoms with E-state index in [0.29, 0.717) is 35.4 Å². The lowest BCUT2D eigenvalue weighted by Gasteiger charge is -2.45. The zero-order valence-corrected chi connectivity index (χ0v) is 24.4. The van der Waals surface area contributed by atoms with E-state index >= 15 is 0 Å². The van der Waals surface area contributed by atoms with E-state index in [-0.39, 0.29) is 31.0 Å². The first-order valence-corrected chi connectivity index (χ1v) is 13.9. The van der Waals surface area contributed by atoms with Crippen LogP contribution >= 0.6 is 23.2 Å². The molecule has 2 heterocycles. The molecule has 1 N–H and O–H groups in total. The van der Waals surface area contributed by atoms with E-state index in [4.69, 9.17) is 37.8 Å². The van der Waals surface area contributed by atoms with Crippen molar-refractivity contribution in [3.05, 3.63) is 70.0 Å². The minimum Gasteiger partial charge on any atom is -0.491 e. The van der Waals surface area contributed by atoms with Crippen molar-refractivity contribution in [3.8, 4) is 5.75 Å². The van der Waals surface area contributed by atoms with Crippen molar-refractivity contribution in [2.75, 3.05) is 37.7 Å². The summed E-state index contributed by atoms with van der Waals surface area (Å²) >= 11 is 12.8. The first kappa shape index (κ1) is 31.0. The minimum absolute atomic E-state index is 0.0143. The Morgan fingerprint density at radius 3 is 2.44 bits per heavy atom. The number of allylic oxidation sites excluding steroid dienone is 1. The van der Waals surface area contributed by atoms with Gasteiger partial charge in [-0.25, -0.2) is 4.99 Å². The molecule has 2 aromatic carbocycles. The van der Waals surface area contributed by atoms with Crippen molar-refractivity contribution in [2.24, 2.45) is 16.8 Å². The smallest absolute Gasteiger partial charge is 0.397 e. The molecule has 222 valence electrons. The number of aliphatic hydroxyl groups excluding tert-OH is 1. The van der Waals surface area contributed by atoms with Gasteiger partial charge >= 0.3 is 6.18 Å². The van der Waals surface area contributed by atoms with E-state index < -0.39 is 23.6 Å². The van der Waals surface area contributed by atoms with Gasteiger partial charge in [-0.3, -0.25) is 4.79 Å². The molecule has 2 aromatic rings. The Labute approximate surface area is 247 Å². The largest absolute Gasteiger partial charge is 0.491 e. The summed E-state index contributed by atoms with van der Waals surface area (Å²) < 4.78 is 51.0. The number of ether oxygens (including phenoxy) is 2. The summed E-state index contributed by atoms with van der Waals surface area (Å²) in [4.78, 5) is 21.4. The van der Waals surface area contributed by atoms with Crippen molar-refractivity contribution < 1.29 is 32.5 Å². The lowest BCUT2D eigenvalue weighted by molar-refractivity contribution is -0.163. The molecule has 41 heavy (non-hydrogen) atoms. The number of hydrogen-bond donors (Lipinski definition) is 1.